The van der Waals surface area contributed by atoms with Crippen molar-refractivity contribution in [2.24, 2.45) is 5.92 Å². The predicted octanol–water partition coefficient (Wildman–Crippen LogP) is 4.23. The molecule has 1 aromatic carbocycles. The van der Waals surface area contributed by atoms with Gasteiger partial charge in [-0.2, -0.15) is 0 Å². The van der Waals surface area contributed by atoms with Gasteiger partial charge in [-0.3, -0.25) is 4.79 Å². The van der Waals surface area contributed by atoms with Crippen LogP contribution in [0.4, 0.5) is 0 Å². The van der Waals surface area contributed by atoms with Gasteiger partial charge in [0.25, 0.3) is 0 Å². The zero-order valence-corrected chi connectivity index (χ0v) is 14.1. The Morgan fingerprint density at radius 2 is 2.00 bits per heavy atom. The van der Waals surface area contributed by atoms with Crippen molar-refractivity contribution >= 4 is 17.2 Å². The molecule has 23 heavy (non-hydrogen) atoms. The number of carbonyl (C=O) groups is 1. The summed E-state index contributed by atoms with van der Waals surface area (Å²) in [4.78, 5) is 17.7. The first-order chi connectivity index (χ1) is 11.1. The number of likely N-dealkylation sites (tertiary alicyclic amines) is 1. The van der Waals surface area contributed by atoms with E-state index in [1.807, 2.05) is 23.5 Å². The maximum Gasteiger partial charge on any atom is 0.226 e. The zero-order valence-electron chi connectivity index (χ0n) is 13.2. The summed E-state index contributed by atoms with van der Waals surface area (Å²) in [5.74, 6) is 1.20. The highest BCUT2D eigenvalue weighted by molar-refractivity contribution is 7.12. The maximum atomic E-state index is 12.9. The molecular weight excluding hydrogens is 306 g/mol. The van der Waals surface area contributed by atoms with Crippen LogP contribution in [0.1, 0.15) is 46.5 Å². The van der Waals surface area contributed by atoms with Gasteiger partial charge >= 0.3 is 0 Å². The third-order valence-corrected chi connectivity index (χ3v) is 6.18. The molecule has 4 rings (SSSR count). The molecule has 120 valence electrons. The Kier molecular flexibility index (Phi) is 3.64. The van der Waals surface area contributed by atoms with Crippen LogP contribution in [0.15, 0.2) is 36.4 Å². The van der Waals surface area contributed by atoms with E-state index in [2.05, 4.69) is 24.0 Å². The lowest BCUT2D eigenvalue weighted by atomic mass is 10.0. The molecule has 2 fully saturated rings. The monoisotopic (exact) mass is 327 g/mol. The molecule has 2 aliphatic rings. The molecule has 0 unspecified atom stereocenters. The van der Waals surface area contributed by atoms with Crippen molar-refractivity contribution in [2.75, 3.05) is 6.54 Å². The quantitative estimate of drug-likeness (QED) is 0.916. The zero-order chi connectivity index (χ0) is 16.0. The van der Waals surface area contributed by atoms with Crippen molar-refractivity contribution in [1.29, 1.82) is 0 Å². The van der Waals surface area contributed by atoms with E-state index < -0.39 is 0 Å². The predicted molar refractivity (Wildman–Crippen MR) is 91.7 cm³/mol. The van der Waals surface area contributed by atoms with Gasteiger partial charge in [-0.1, -0.05) is 12.1 Å². The Morgan fingerprint density at radius 3 is 2.70 bits per heavy atom. The highest BCUT2D eigenvalue weighted by Crippen LogP contribution is 2.51. The van der Waals surface area contributed by atoms with Crippen LogP contribution in [0.5, 0.6) is 5.75 Å². The molecule has 0 bridgehead atoms. The molecule has 0 radical (unpaired) electrons. The number of hydrogen-bond acceptors (Lipinski definition) is 3. The highest BCUT2D eigenvalue weighted by atomic mass is 32.1. The summed E-state index contributed by atoms with van der Waals surface area (Å²) in [6, 6.07) is 11.8. The van der Waals surface area contributed by atoms with Gasteiger partial charge in [-0.15, -0.1) is 11.3 Å². The minimum absolute atomic E-state index is 0.172. The number of aryl methyl sites for hydroxylation is 1. The number of phenols is 1. The lowest BCUT2D eigenvalue weighted by Crippen LogP contribution is -2.32. The van der Waals surface area contributed by atoms with E-state index in [0.29, 0.717) is 11.8 Å². The number of nitrogens with zero attached hydrogens (tertiary/aromatic N) is 1. The van der Waals surface area contributed by atoms with Gasteiger partial charge in [0.2, 0.25) is 5.91 Å². The first kappa shape index (κ1) is 14.8. The number of hydrogen-bond donors (Lipinski definition) is 1. The van der Waals surface area contributed by atoms with Crippen LogP contribution in [0.25, 0.3) is 0 Å². The van der Waals surface area contributed by atoms with Crippen molar-refractivity contribution in [3.05, 3.63) is 51.7 Å². The van der Waals surface area contributed by atoms with Crippen LogP contribution >= 0.6 is 11.3 Å². The summed E-state index contributed by atoms with van der Waals surface area (Å²) < 4.78 is 0. The molecular formula is C19H21NO2S. The van der Waals surface area contributed by atoms with Gasteiger partial charge < -0.3 is 10.0 Å². The average Bonchev–Trinajstić information content (AvgIpc) is 2.98. The van der Waals surface area contributed by atoms with E-state index in [0.717, 1.165) is 31.4 Å². The fourth-order valence-electron chi connectivity index (χ4n) is 3.72. The Hall–Kier alpha value is -1.81. The number of phenolic OH excluding ortho intramolecular Hbond substituents is 1. The second-order valence-corrected chi connectivity index (χ2v) is 8.00. The van der Waals surface area contributed by atoms with Gasteiger partial charge in [0, 0.05) is 28.1 Å². The van der Waals surface area contributed by atoms with Crippen molar-refractivity contribution in [2.45, 2.75) is 38.1 Å². The van der Waals surface area contributed by atoms with Gasteiger partial charge in [0.15, 0.2) is 0 Å². The molecule has 4 heteroatoms. The second kappa shape index (κ2) is 5.68. The fraction of sp³-hybridized carbons (Fsp3) is 0.421. The standard InChI is InChI=1S/C19H21NO2S/c1-12-4-9-18(23-12)15-11-16(15)19(22)20-10-2-3-17(20)13-5-7-14(21)8-6-13/h4-9,15-17,21H,2-3,10-11H2,1H3/t15-,16-,17+/m0/s1. The molecule has 1 amide bonds. The Balaban J connectivity index is 1.49. The number of rotatable bonds is 3. The summed E-state index contributed by atoms with van der Waals surface area (Å²) in [6.45, 7) is 2.98. The SMILES string of the molecule is Cc1ccc([C@H]2C[C@@H]2C(=O)N2CCC[C@@H]2c2ccc(O)cc2)s1. The molecule has 1 aromatic heterocycles. The lowest BCUT2D eigenvalue weighted by molar-refractivity contribution is -0.133. The fourth-order valence-corrected chi connectivity index (χ4v) is 4.78. The van der Waals surface area contributed by atoms with Crippen molar-refractivity contribution in [3.8, 4) is 5.75 Å². The lowest BCUT2D eigenvalue weighted by Gasteiger charge is -2.25. The van der Waals surface area contributed by atoms with Crippen molar-refractivity contribution < 1.29 is 9.90 Å². The van der Waals surface area contributed by atoms with Crippen molar-refractivity contribution in [1.82, 2.24) is 4.90 Å². The largest absolute Gasteiger partial charge is 0.508 e. The summed E-state index contributed by atoms with van der Waals surface area (Å²) in [5.41, 5.74) is 1.14. The highest BCUT2D eigenvalue weighted by Gasteiger charge is 2.48. The molecule has 0 spiro atoms. The molecule has 3 atom stereocenters. The van der Waals surface area contributed by atoms with Gasteiger partial charge in [0.1, 0.15) is 5.75 Å². The molecule has 1 saturated heterocycles. The average molecular weight is 327 g/mol. The van der Waals surface area contributed by atoms with E-state index in [1.54, 1.807) is 12.1 Å². The van der Waals surface area contributed by atoms with Crippen LogP contribution in [-0.4, -0.2) is 22.5 Å². The number of amides is 1. The summed E-state index contributed by atoms with van der Waals surface area (Å²) in [5, 5.41) is 9.46. The van der Waals surface area contributed by atoms with Gasteiger partial charge in [-0.05, 0) is 56.0 Å². The number of aromatic hydroxyl groups is 1. The Morgan fingerprint density at radius 1 is 1.22 bits per heavy atom. The summed E-state index contributed by atoms with van der Waals surface area (Å²) in [7, 11) is 0. The Bertz CT molecular complexity index is 721. The molecule has 2 aromatic rings. The molecule has 1 aliphatic heterocycles. The number of carbonyl (C=O) groups excluding carboxylic acids is 1. The second-order valence-electron chi connectivity index (χ2n) is 6.68. The molecule has 3 nitrogen and oxygen atoms in total. The minimum Gasteiger partial charge on any atom is -0.508 e. The molecule has 2 heterocycles. The molecule has 1 aliphatic carbocycles. The topological polar surface area (TPSA) is 40.5 Å². The first-order valence-electron chi connectivity index (χ1n) is 8.29. The van der Waals surface area contributed by atoms with Crippen LogP contribution in [0.3, 0.4) is 0 Å². The normalized spacial score (nSPS) is 26.5. The minimum atomic E-state index is 0.172. The summed E-state index contributed by atoms with van der Waals surface area (Å²) in [6.07, 6.45) is 3.08. The number of thiophene rings is 1. The third kappa shape index (κ3) is 2.76. The van der Waals surface area contributed by atoms with Crippen LogP contribution < -0.4 is 0 Å². The van der Waals surface area contributed by atoms with E-state index >= 15 is 0 Å². The van der Waals surface area contributed by atoms with E-state index in [-0.39, 0.29) is 17.7 Å². The summed E-state index contributed by atoms with van der Waals surface area (Å²) >= 11 is 1.82. The Labute approximate surface area is 140 Å². The van der Waals surface area contributed by atoms with Crippen LogP contribution in [-0.2, 0) is 4.79 Å². The van der Waals surface area contributed by atoms with Crippen LogP contribution in [0.2, 0.25) is 0 Å². The van der Waals surface area contributed by atoms with Crippen LogP contribution in [0, 0.1) is 12.8 Å². The smallest absolute Gasteiger partial charge is 0.226 e. The van der Waals surface area contributed by atoms with Crippen molar-refractivity contribution in [3.63, 3.8) is 0 Å². The number of benzene rings is 1. The van der Waals surface area contributed by atoms with Gasteiger partial charge in [-0.25, -0.2) is 0 Å². The van der Waals surface area contributed by atoms with Gasteiger partial charge in [0.05, 0.1) is 6.04 Å². The first-order valence-corrected chi connectivity index (χ1v) is 9.11. The maximum absolute atomic E-state index is 12.9. The van der Waals surface area contributed by atoms with E-state index in [4.69, 9.17) is 0 Å². The molecule has 1 saturated carbocycles. The molecule has 1 N–H and O–H groups in total. The van der Waals surface area contributed by atoms with E-state index in [9.17, 15) is 9.90 Å². The third-order valence-electron chi connectivity index (χ3n) is 5.05. The van der Waals surface area contributed by atoms with E-state index in [1.165, 1.54) is 9.75 Å².